The molecule has 3 nitrogen and oxygen atoms in total. The number of carbonyl (C=O) groups excluding carboxylic acids is 1. The first kappa shape index (κ1) is 15.3. The Kier molecular flexibility index (Phi) is 4.15. The zero-order valence-electron chi connectivity index (χ0n) is 13.3. The number of H-pyrrole nitrogens is 1. The third-order valence-electron chi connectivity index (χ3n) is 4.09. The summed E-state index contributed by atoms with van der Waals surface area (Å²) in [6, 6.07) is 14.3. The predicted molar refractivity (Wildman–Crippen MR) is 89.6 cm³/mol. The molecule has 0 bridgehead atoms. The maximum Gasteiger partial charge on any atom is 0.227 e. The summed E-state index contributed by atoms with van der Waals surface area (Å²) in [6.07, 6.45) is 0.335. The molecule has 118 valence electrons. The van der Waals surface area contributed by atoms with Gasteiger partial charge in [0.2, 0.25) is 5.91 Å². The molecular weight excluding hydrogens is 291 g/mol. The lowest BCUT2D eigenvalue weighted by atomic mass is 10.1. The fraction of sp³-hybridized carbons (Fsp3) is 0.211. The van der Waals surface area contributed by atoms with Gasteiger partial charge in [0.1, 0.15) is 5.82 Å². The number of nitrogens with zero attached hydrogens (tertiary/aromatic N) is 1. The third kappa shape index (κ3) is 3.26. The number of aryl methyl sites for hydroxylation is 1. The molecule has 0 aliphatic rings. The van der Waals surface area contributed by atoms with E-state index in [-0.39, 0.29) is 11.7 Å². The van der Waals surface area contributed by atoms with Gasteiger partial charge in [0.05, 0.1) is 6.42 Å². The number of aromatic amines is 1. The lowest BCUT2D eigenvalue weighted by Gasteiger charge is -2.17. The van der Waals surface area contributed by atoms with Crippen molar-refractivity contribution in [2.45, 2.75) is 19.9 Å². The molecule has 0 spiro atoms. The molecule has 1 aromatic heterocycles. The van der Waals surface area contributed by atoms with Crippen LogP contribution in [0.5, 0.6) is 0 Å². The highest BCUT2D eigenvalue weighted by molar-refractivity contribution is 5.90. The van der Waals surface area contributed by atoms with Gasteiger partial charge in [-0.15, -0.1) is 0 Å². The van der Waals surface area contributed by atoms with Gasteiger partial charge in [-0.25, -0.2) is 4.39 Å². The molecular formula is C19H19FN2O. The van der Waals surface area contributed by atoms with Crippen molar-refractivity contribution in [3.63, 3.8) is 0 Å². The van der Waals surface area contributed by atoms with Gasteiger partial charge in [-0.2, -0.15) is 0 Å². The zero-order chi connectivity index (χ0) is 16.4. The Morgan fingerprint density at radius 3 is 2.74 bits per heavy atom. The van der Waals surface area contributed by atoms with Crippen LogP contribution in [0.4, 0.5) is 4.39 Å². The Balaban J connectivity index is 1.76. The second kappa shape index (κ2) is 6.24. The van der Waals surface area contributed by atoms with Crippen molar-refractivity contribution < 1.29 is 9.18 Å². The Bertz CT molecular complexity index is 853. The van der Waals surface area contributed by atoms with E-state index >= 15 is 0 Å². The molecule has 0 saturated carbocycles. The summed E-state index contributed by atoms with van der Waals surface area (Å²) < 4.78 is 13.2. The number of likely N-dealkylation sites (N-methyl/N-ethyl adjacent to an activating group) is 1. The lowest BCUT2D eigenvalue weighted by Crippen LogP contribution is -2.27. The highest BCUT2D eigenvalue weighted by Gasteiger charge is 2.15. The number of aromatic nitrogens is 1. The van der Waals surface area contributed by atoms with Crippen molar-refractivity contribution in [1.29, 1.82) is 0 Å². The molecule has 0 aliphatic heterocycles. The number of para-hydroxylation sites is 1. The molecule has 3 aromatic rings. The molecule has 4 heteroatoms. The number of nitrogens with one attached hydrogen (secondary N) is 1. The fourth-order valence-electron chi connectivity index (χ4n) is 2.85. The predicted octanol–water partition coefficient (Wildman–Crippen LogP) is 3.82. The van der Waals surface area contributed by atoms with E-state index in [1.165, 1.54) is 12.1 Å². The molecule has 3 rings (SSSR count). The van der Waals surface area contributed by atoms with Crippen LogP contribution in [-0.4, -0.2) is 22.8 Å². The Morgan fingerprint density at radius 1 is 1.17 bits per heavy atom. The van der Waals surface area contributed by atoms with Crippen molar-refractivity contribution in [1.82, 2.24) is 9.88 Å². The van der Waals surface area contributed by atoms with Crippen LogP contribution < -0.4 is 0 Å². The summed E-state index contributed by atoms with van der Waals surface area (Å²) in [5, 5.41) is 1.08. The maximum atomic E-state index is 13.2. The maximum absolute atomic E-state index is 13.2. The van der Waals surface area contributed by atoms with Crippen LogP contribution in [0.25, 0.3) is 10.9 Å². The van der Waals surface area contributed by atoms with Gasteiger partial charge in [-0.1, -0.05) is 30.3 Å². The number of hydrogen-bond donors (Lipinski definition) is 1. The van der Waals surface area contributed by atoms with E-state index in [4.69, 9.17) is 0 Å². The van der Waals surface area contributed by atoms with Crippen LogP contribution >= 0.6 is 0 Å². The van der Waals surface area contributed by atoms with Gasteiger partial charge >= 0.3 is 0 Å². The van der Waals surface area contributed by atoms with Crippen molar-refractivity contribution in [3.05, 3.63) is 71.2 Å². The molecule has 1 heterocycles. The van der Waals surface area contributed by atoms with Gasteiger partial charge in [-0.05, 0) is 36.2 Å². The quantitative estimate of drug-likeness (QED) is 0.781. The third-order valence-corrected chi connectivity index (χ3v) is 4.09. The Labute approximate surface area is 134 Å². The minimum absolute atomic E-state index is 0.0158. The number of rotatable bonds is 4. The first-order valence-corrected chi connectivity index (χ1v) is 7.59. The molecule has 1 amide bonds. The normalized spacial score (nSPS) is 10.9. The number of fused-ring (bicyclic) bond motifs is 1. The van der Waals surface area contributed by atoms with Gasteiger partial charge in [0.25, 0.3) is 0 Å². The SMILES string of the molecule is Cc1[nH]c2ccccc2c1CC(=O)N(C)Cc1cccc(F)c1. The molecule has 0 unspecified atom stereocenters. The van der Waals surface area contributed by atoms with Crippen molar-refractivity contribution in [2.75, 3.05) is 7.05 Å². The minimum Gasteiger partial charge on any atom is -0.358 e. The summed E-state index contributed by atoms with van der Waals surface area (Å²) in [5.74, 6) is -0.266. The first-order chi connectivity index (χ1) is 11.0. The number of benzene rings is 2. The highest BCUT2D eigenvalue weighted by atomic mass is 19.1. The molecule has 0 saturated heterocycles. The van der Waals surface area contributed by atoms with Crippen LogP contribution in [0.1, 0.15) is 16.8 Å². The average Bonchev–Trinajstić information content (AvgIpc) is 2.83. The molecule has 0 fully saturated rings. The van der Waals surface area contributed by atoms with Crippen LogP contribution in [0.15, 0.2) is 48.5 Å². The van der Waals surface area contributed by atoms with Gasteiger partial charge in [0.15, 0.2) is 0 Å². The summed E-state index contributed by atoms with van der Waals surface area (Å²) in [5.41, 5.74) is 3.87. The number of hydrogen-bond acceptors (Lipinski definition) is 1. The smallest absolute Gasteiger partial charge is 0.227 e. The molecule has 23 heavy (non-hydrogen) atoms. The first-order valence-electron chi connectivity index (χ1n) is 7.59. The van der Waals surface area contributed by atoms with E-state index in [0.717, 1.165) is 27.7 Å². The van der Waals surface area contributed by atoms with Crippen molar-refractivity contribution >= 4 is 16.8 Å². The monoisotopic (exact) mass is 310 g/mol. The summed E-state index contributed by atoms with van der Waals surface area (Å²) in [7, 11) is 1.75. The fourth-order valence-corrected chi connectivity index (χ4v) is 2.85. The number of halogens is 1. The highest BCUT2D eigenvalue weighted by Crippen LogP contribution is 2.22. The largest absolute Gasteiger partial charge is 0.358 e. The van der Waals surface area contributed by atoms with E-state index < -0.39 is 0 Å². The van der Waals surface area contributed by atoms with Crippen LogP contribution in [0.2, 0.25) is 0 Å². The van der Waals surface area contributed by atoms with Crippen LogP contribution in [0.3, 0.4) is 0 Å². The Morgan fingerprint density at radius 2 is 1.96 bits per heavy atom. The van der Waals surface area contributed by atoms with E-state index in [0.29, 0.717) is 13.0 Å². The zero-order valence-corrected chi connectivity index (χ0v) is 13.3. The summed E-state index contributed by atoms with van der Waals surface area (Å²) >= 11 is 0. The molecule has 0 radical (unpaired) electrons. The average molecular weight is 310 g/mol. The van der Waals surface area contributed by atoms with Gasteiger partial charge < -0.3 is 9.88 Å². The number of amides is 1. The van der Waals surface area contributed by atoms with E-state index in [1.54, 1.807) is 18.0 Å². The minimum atomic E-state index is -0.282. The number of carbonyl (C=O) groups is 1. The second-order valence-electron chi connectivity index (χ2n) is 5.83. The van der Waals surface area contributed by atoms with E-state index in [9.17, 15) is 9.18 Å². The summed E-state index contributed by atoms with van der Waals surface area (Å²) in [6.45, 7) is 2.38. The standard InChI is InChI=1S/C19H19FN2O/c1-13-17(16-8-3-4-9-18(16)21-13)11-19(23)22(2)12-14-6-5-7-15(20)10-14/h3-10,21H,11-12H2,1-2H3. The van der Waals surface area contributed by atoms with Crippen LogP contribution in [0, 0.1) is 12.7 Å². The summed E-state index contributed by atoms with van der Waals surface area (Å²) in [4.78, 5) is 17.5. The molecule has 2 aromatic carbocycles. The second-order valence-corrected chi connectivity index (χ2v) is 5.83. The topological polar surface area (TPSA) is 36.1 Å². The lowest BCUT2D eigenvalue weighted by molar-refractivity contribution is -0.129. The Hall–Kier alpha value is -2.62. The molecule has 0 atom stereocenters. The van der Waals surface area contributed by atoms with E-state index in [2.05, 4.69) is 4.98 Å². The molecule has 1 N–H and O–H groups in total. The van der Waals surface area contributed by atoms with Crippen molar-refractivity contribution in [2.24, 2.45) is 0 Å². The molecule has 0 aliphatic carbocycles. The van der Waals surface area contributed by atoms with Gasteiger partial charge in [-0.3, -0.25) is 4.79 Å². The van der Waals surface area contributed by atoms with Crippen LogP contribution in [-0.2, 0) is 17.8 Å². The van der Waals surface area contributed by atoms with Crippen molar-refractivity contribution in [3.8, 4) is 0 Å². The van der Waals surface area contributed by atoms with E-state index in [1.807, 2.05) is 37.3 Å². The van der Waals surface area contributed by atoms with Gasteiger partial charge in [0, 0.05) is 30.2 Å².